The minimum Gasteiger partial charge on any atom is -0.317 e. The van der Waals surface area contributed by atoms with E-state index in [1.165, 1.54) is 32.4 Å². The molecular weight excluding hydrogens is 190 g/mol. The van der Waals surface area contributed by atoms with Crippen molar-refractivity contribution >= 4 is 0 Å². The molecular formula is C10H19N5. The van der Waals surface area contributed by atoms with Gasteiger partial charge in [-0.05, 0) is 54.6 Å². The monoisotopic (exact) mass is 209 g/mol. The maximum absolute atomic E-state index is 3.88. The lowest BCUT2D eigenvalue weighted by Gasteiger charge is -2.28. The molecule has 1 aliphatic heterocycles. The van der Waals surface area contributed by atoms with E-state index >= 15 is 0 Å². The maximum Gasteiger partial charge on any atom is 0.138 e. The summed E-state index contributed by atoms with van der Waals surface area (Å²) in [4.78, 5) is 0. The highest BCUT2D eigenvalue weighted by atomic mass is 15.5. The van der Waals surface area contributed by atoms with E-state index in [0.29, 0.717) is 0 Å². The highest BCUT2D eigenvalue weighted by molar-refractivity contribution is 4.73. The largest absolute Gasteiger partial charge is 0.317 e. The van der Waals surface area contributed by atoms with Gasteiger partial charge in [0.2, 0.25) is 0 Å². The quantitative estimate of drug-likeness (QED) is 0.793. The average Bonchev–Trinajstić information content (AvgIpc) is 2.80. The zero-order valence-corrected chi connectivity index (χ0v) is 9.26. The van der Waals surface area contributed by atoms with E-state index in [2.05, 4.69) is 27.8 Å². The number of rotatable bonds is 4. The molecule has 84 valence electrons. The molecule has 1 aliphatic rings. The van der Waals surface area contributed by atoms with E-state index in [1.54, 1.807) is 6.33 Å². The summed E-state index contributed by atoms with van der Waals surface area (Å²) < 4.78 is 1.82. The smallest absolute Gasteiger partial charge is 0.138 e. The van der Waals surface area contributed by atoms with E-state index < -0.39 is 0 Å². The van der Waals surface area contributed by atoms with Gasteiger partial charge in [-0.3, -0.25) is 0 Å². The van der Waals surface area contributed by atoms with Crippen LogP contribution in [0.3, 0.4) is 0 Å². The molecule has 2 heterocycles. The molecule has 0 saturated carbocycles. The van der Waals surface area contributed by atoms with Gasteiger partial charge in [0.05, 0.1) is 0 Å². The van der Waals surface area contributed by atoms with Crippen molar-refractivity contribution in [2.75, 3.05) is 13.1 Å². The molecule has 1 atom stereocenters. The van der Waals surface area contributed by atoms with Crippen LogP contribution < -0.4 is 5.32 Å². The molecule has 1 N–H and O–H groups in total. The Bertz CT molecular complexity index is 265. The van der Waals surface area contributed by atoms with Crippen molar-refractivity contribution in [3.63, 3.8) is 0 Å². The molecule has 1 aromatic heterocycles. The van der Waals surface area contributed by atoms with E-state index in [1.807, 2.05) is 4.68 Å². The van der Waals surface area contributed by atoms with Crippen molar-refractivity contribution in [1.82, 2.24) is 25.5 Å². The lowest BCUT2D eigenvalue weighted by Crippen LogP contribution is -2.31. The predicted molar refractivity (Wildman–Crippen MR) is 57.2 cm³/mol. The summed E-state index contributed by atoms with van der Waals surface area (Å²) >= 11 is 0. The molecule has 0 bridgehead atoms. The Balaban J connectivity index is 1.74. The Morgan fingerprint density at radius 2 is 2.27 bits per heavy atom. The van der Waals surface area contributed by atoms with Crippen LogP contribution in [-0.2, 0) is 6.54 Å². The lowest BCUT2D eigenvalue weighted by atomic mass is 9.84. The second-order valence-corrected chi connectivity index (χ2v) is 4.43. The highest BCUT2D eigenvalue weighted by Crippen LogP contribution is 2.24. The van der Waals surface area contributed by atoms with Crippen molar-refractivity contribution in [2.45, 2.75) is 32.7 Å². The molecule has 5 heteroatoms. The molecule has 2 rings (SSSR count). The first-order chi connectivity index (χ1) is 7.36. The third kappa shape index (κ3) is 2.99. The minimum atomic E-state index is 0.774. The summed E-state index contributed by atoms with van der Waals surface area (Å²) in [5, 5.41) is 14.5. The SMILES string of the molecule is CC(CCn1cnnn1)C1CCNCC1. The van der Waals surface area contributed by atoms with Gasteiger partial charge in [0.1, 0.15) is 6.33 Å². The number of aryl methyl sites for hydroxylation is 1. The average molecular weight is 209 g/mol. The standard InChI is InChI=1S/C10H19N5/c1-9(10-2-5-11-6-3-10)4-7-15-8-12-13-14-15/h8-11H,2-7H2,1H3. The topological polar surface area (TPSA) is 55.6 Å². The third-order valence-corrected chi connectivity index (χ3v) is 3.39. The van der Waals surface area contributed by atoms with Gasteiger partial charge in [-0.25, -0.2) is 4.68 Å². The number of tetrazole rings is 1. The van der Waals surface area contributed by atoms with Crippen LogP contribution in [0.25, 0.3) is 0 Å². The first-order valence-corrected chi connectivity index (χ1v) is 5.78. The van der Waals surface area contributed by atoms with Crippen LogP contribution in [0, 0.1) is 11.8 Å². The molecule has 0 aliphatic carbocycles. The number of hydrogen-bond donors (Lipinski definition) is 1. The van der Waals surface area contributed by atoms with Crippen LogP contribution in [-0.4, -0.2) is 33.3 Å². The fourth-order valence-corrected chi connectivity index (χ4v) is 2.27. The van der Waals surface area contributed by atoms with Gasteiger partial charge >= 0.3 is 0 Å². The summed E-state index contributed by atoms with van der Waals surface area (Å²) in [6.45, 7) is 5.65. The molecule has 0 aromatic carbocycles. The molecule has 1 unspecified atom stereocenters. The minimum absolute atomic E-state index is 0.774. The molecule has 1 saturated heterocycles. The van der Waals surface area contributed by atoms with Gasteiger partial charge in [0, 0.05) is 6.54 Å². The van der Waals surface area contributed by atoms with Gasteiger partial charge < -0.3 is 5.32 Å². The summed E-state index contributed by atoms with van der Waals surface area (Å²) in [7, 11) is 0. The fraction of sp³-hybridized carbons (Fsp3) is 0.900. The third-order valence-electron chi connectivity index (χ3n) is 3.39. The molecule has 0 amide bonds. The Morgan fingerprint density at radius 1 is 1.47 bits per heavy atom. The van der Waals surface area contributed by atoms with Crippen LogP contribution in [0.2, 0.25) is 0 Å². The first kappa shape index (κ1) is 10.5. The zero-order valence-electron chi connectivity index (χ0n) is 9.26. The summed E-state index contributed by atoms with van der Waals surface area (Å²) in [6.07, 6.45) is 5.50. The summed E-state index contributed by atoms with van der Waals surface area (Å²) in [5.41, 5.74) is 0. The van der Waals surface area contributed by atoms with Crippen LogP contribution in [0.1, 0.15) is 26.2 Å². The fourth-order valence-electron chi connectivity index (χ4n) is 2.27. The highest BCUT2D eigenvalue weighted by Gasteiger charge is 2.19. The van der Waals surface area contributed by atoms with E-state index in [-0.39, 0.29) is 0 Å². The summed E-state index contributed by atoms with van der Waals surface area (Å²) in [5.74, 6) is 1.65. The second kappa shape index (κ2) is 5.21. The van der Waals surface area contributed by atoms with Gasteiger partial charge in [-0.15, -0.1) is 5.10 Å². The van der Waals surface area contributed by atoms with Crippen LogP contribution in [0.5, 0.6) is 0 Å². The normalized spacial score (nSPS) is 20.3. The number of hydrogen-bond acceptors (Lipinski definition) is 4. The number of piperidine rings is 1. The molecule has 1 aromatic rings. The molecule has 1 fully saturated rings. The lowest BCUT2D eigenvalue weighted by molar-refractivity contribution is 0.252. The van der Waals surface area contributed by atoms with Crippen LogP contribution in [0.15, 0.2) is 6.33 Å². The number of nitrogens with one attached hydrogen (secondary N) is 1. The molecule has 5 nitrogen and oxygen atoms in total. The first-order valence-electron chi connectivity index (χ1n) is 5.78. The van der Waals surface area contributed by atoms with E-state index in [9.17, 15) is 0 Å². The number of nitrogens with zero attached hydrogens (tertiary/aromatic N) is 4. The van der Waals surface area contributed by atoms with Crippen molar-refractivity contribution in [3.8, 4) is 0 Å². The Morgan fingerprint density at radius 3 is 2.93 bits per heavy atom. The van der Waals surface area contributed by atoms with Gasteiger partial charge in [0.25, 0.3) is 0 Å². The van der Waals surface area contributed by atoms with Crippen molar-refractivity contribution in [2.24, 2.45) is 11.8 Å². The summed E-state index contributed by atoms with van der Waals surface area (Å²) in [6, 6.07) is 0. The molecule has 15 heavy (non-hydrogen) atoms. The Kier molecular flexibility index (Phi) is 3.66. The van der Waals surface area contributed by atoms with Gasteiger partial charge in [0.15, 0.2) is 0 Å². The van der Waals surface area contributed by atoms with E-state index in [0.717, 1.165) is 18.4 Å². The molecule has 0 radical (unpaired) electrons. The van der Waals surface area contributed by atoms with Gasteiger partial charge in [-0.2, -0.15) is 0 Å². The van der Waals surface area contributed by atoms with Crippen molar-refractivity contribution in [1.29, 1.82) is 0 Å². The zero-order chi connectivity index (χ0) is 10.5. The van der Waals surface area contributed by atoms with Crippen LogP contribution in [0.4, 0.5) is 0 Å². The predicted octanol–water partition coefficient (Wildman–Crippen LogP) is 0.699. The Labute approximate surface area is 90.2 Å². The van der Waals surface area contributed by atoms with Crippen molar-refractivity contribution < 1.29 is 0 Å². The van der Waals surface area contributed by atoms with E-state index in [4.69, 9.17) is 0 Å². The van der Waals surface area contributed by atoms with Gasteiger partial charge in [-0.1, -0.05) is 6.92 Å². The Hall–Kier alpha value is -0.970. The number of aromatic nitrogens is 4. The maximum atomic E-state index is 3.88. The van der Waals surface area contributed by atoms with Crippen LogP contribution >= 0.6 is 0 Å². The van der Waals surface area contributed by atoms with Crippen molar-refractivity contribution in [3.05, 3.63) is 6.33 Å². The second-order valence-electron chi connectivity index (χ2n) is 4.43. The molecule has 0 spiro atoms.